The maximum absolute atomic E-state index is 13.8. The number of hydrogen-bond acceptors (Lipinski definition) is 4. The number of halogens is 1. The van der Waals surface area contributed by atoms with Crippen LogP contribution in [0.3, 0.4) is 0 Å². The molecule has 0 saturated carbocycles. The zero-order valence-electron chi connectivity index (χ0n) is 18.2. The van der Waals surface area contributed by atoms with Crippen molar-refractivity contribution in [2.75, 3.05) is 19.6 Å². The van der Waals surface area contributed by atoms with Gasteiger partial charge in [0.2, 0.25) is 5.91 Å². The average Bonchev–Trinajstić information content (AvgIpc) is 3.52. The van der Waals surface area contributed by atoms with Crippen LogP contribution in [0, 0.1) is 5.82 Å². The number of benzene rings is 1. The lowest BCUT2D eigenvalue weighted by Gasteiger charge is -2.40. The molecule has 0 aliphatic carbocycles. The molecule has 4 aromatic rings. The molecule has 8 heteroatoms. The SMILES string of the molecule is CC1CN(C(=O)c2cc3ccsc3n2Cc2cccc(F)c2)CCN1C(=O)Cc1cccs1. The molecule has 1 aliphatic rings. The first-order valence-electron chi connectivity index (χ1n) is 10.9. The van der Waals surface area contributed by atoms with Gasteiger partial charge in [-0.3, -0.25) is 9.59 Å². The van der Waals surface area contributed by atoms with E-state index in [-0.39, 0.29) is 23.7 Å². The zero-order chi connectivity index (χ0) is 22.9. The van der Waals surface area contributed by atoms with Gasteiger partial charge in [0, 0.05) is 42.5 Å². The second-order valence-corrected chi connectivity index (χ2v) is 10.3. The van der Waals surface area contributed by atoms with E-state index >= 15 is 0 Å². The van der Waals surface area contributed by atoms with Crippen LogP contribution in [0.1, 0.15) is 27.9 Å². The summed E-state index contributed by atoms with van der Waals surface area (Å²) in [5, 5.41) is 4.99. The molecule has 1 fully saturated rings. The van der Waals surface area contributed by atoms with Gasteiger partial charge in [-0.05, 0) is 53.6 Å². The standard InChI is InChI=1S/C25H24FN3O2S2/c1-17-15-27(8-9-28(17)23(30)14-21-6-3-10-32-21)24(31)22-13-19-7-11-33-25(19)29(22)16-18-4-2-5-20(26)12-18/h2-7,10-13,17H,8-9,14-16H2,1H3. The van der Waals surface area contributed by atoms with Crippen LogP contribution in [0.2, 0.25) is 0 Å². The van der Waals surface area contributed by atoms with Crippen molar-refractivity contribution in [2.45, 2.75) is 25.9 Å². The highest BCUT2D eigenvalue weighted by Gasteiger charge is 2.31. The summed E-state index contributed by atoms with van der Waals surface area (Å²) in [6.07, 6.45) is 0.405. The highest BCUT2D eigenvalue weighted by atomic mass is 32.1. The average molecular weight is 482 g/mol. The van der Waals surface area contributed by atoms with E-state index < -0.39 is 0 Å². The number of carbonyl (C=O) groups excluding carboxylic acids is 2. The van der Waals surface area contributed by atoms with E-state index in [0.717, 1.165) is 20.7 Å². The predicted molar refractivity (Wildman–Crippen MR) is 130 cm³/mol. The third-order valence-electron chi connectivity index (χ3n) is 6.09. The van der Waals surface area contributed by atoms with Gasteiger partial charge in [0.15, 0.2) is 0 Å². The second-order valence-electron chi connectivity index (χ2n) is 8.37. The fourth-order valence-corrected chi connectivity index (χ4v) is 6.06. The lowest BCUT2D eigenvalue weighted by atomic mass is 10.1. The number of amides is 2. The molecule has 4 heterocycles. The van der Waals surface area contributed by atoms with E-state index in [9.17, 15) is 14.0 Å². The van der Waals surface area contributed by atoms with Crippen molar-refractivity contribution in [2.24, 2.45) is 0 Å². The van der Waals surface area contributed by atoms with Gasteiger partial charge in [-0.1, -0.05) is 18.2 Å². The second kappa shape index (κ2) is 9.11. The van der Waals surface area contributed by atoms with Crippen LogP contribution < -0.4 is 0 Å². The Kier molecular flexibility index (Phi) is 6.03. The van der Waals surface area contributed by atoms with Crippen LogP contribution in [0.25, 0.3) is 10.2 Å². The molecule has 5 nitrogen and oxygen atoms in total. The van der Waals surface area contributed by atoms with Crippen molar-refractivity contribution in [3.05, 3.63) is 81.2 Å². The molecular formula is C25H24FN3O2S2. The Bertz CT molecular complexity index is 1290. The van der Waals surface area contributed by atoms with Crippen LogP contribution in [-0.4, -0.2) is 51.9 Å². The molecule has 5 rings (SSSR count). The summed E-state index contributed by atoms with van der Waals surface area (Å²) in [6, 6.07) is 14.3. The number of fused-ring (bicyclic) bond motifs is 1. The monoisotopic (exact) mass is 481 g/mol. The highest BCUT2D eigenvalue weighted by Crippen LogP contribution is 2.28. The summed E-state index contributed by atoms with van der Waals surface area (Å²) >= 11 is 3.16. The van der Waals surface area contributed by atoms with E-state index in [0.29, 0.717) is 38.3 Å². The molecule has 33 heavy (non-hydrogen) atoms. The minimum Gasteiger partial charge on any atom is -0.336 e. The van der Waals surface area contributed by atoms with Crippen LogP contribution in [-0.2, 0) is 17.8 Å². The Morgan fingerprint density at radius 3 is 2.70 bits per heavy atom. The van der Waals surface area contributed by atoms with Gasteiger partial charge >= 0.3 is 0 Å². The van der Waals surface area contributed by atoms with Crippen LogP contribution >= 0.6 is 22.7 Å². The predicted octanol–water partition coefficient (Wildman–Crippen LogP) is 4.87. The zero-order valence-corrected chi connectivity index (χ0v) is 19.9. The van der Waals surface area contributed by atoms with Crippen LogP contribution in [0.5, 0.6) is 0 Å². The Balaban J connectivity index is 1.34. The number of carbonyl (C=O) groups is 2. The number of rotatable bonds is 5. The Hall–Kier alpha value is -2.97. The number of hydrogen-bond donors (Lipinski definition) is 0. The van der Waals surface area contributed by atoms with Gasteiger partial charge in [0.25, 0.3) is 5.91 Å². The molecule has 1 aromatic carbocycles. The molecule has 0 bridgehead atoms. The van der Waals surface area contributed by atoms with Crippen molar-refractivity contribution in [3.8, 4) is 0 Å². The lowest BCUT2D eigenvalue weighted by molar-refractivity contribution is -0.134. The van der Waals surface area contributed by atoms with Gasteiger partial charge in [-0.15, -0.1) is 22.7 Å². The van der Waals surface area contributed by atoms with E-state index in [4.69, 9.17) is 0 Å². The van der Waals surface area contributed by atoms with E-state index in [1.807, 2.05) is 62.4 Å². The number of aromatic nitrogens is 1. The van der Waals surface area contributed by atoms with Crippen LogP contribution in [0.15, 0.2) is 59.3 Å². The fraction of sp³-hybridized carbons (Fsp3) is 0.280. The maximum Gasteiger partial charge on any atom is 0.270 e. The number of thiophene rings is 2. The first-order valence-corrected chi connectivity index (χ1v) is 12.7. The van der Waals surface area contributed by atoms with Gasteiger partial charge in [0.05, 0.1) is 6.42 Å². The van der Waals surface area contributed by atoms with E-state index in [1.165, 1.54) is 12.1 Å². The minimum absolute atomic E-state index is 0.0491. The Labute approximate surface area is 199 Å². The summed E-state index contributed by atoms with van der Waals surface area (Å²) in [5.41, 5.74) is 1.42. The fourth-order valence-electron chi connectivity index (χ4n) is 4.47. The number of nitrogens with zero attached hydrogens (tertiary/aromatic N) is 3. The molecule has 1 unspecified atom stereocenters. The molecule has 3 aromatic heterocycles. The summed E-state index contributed by atoms with van der Waals surface area (Å²) < 4.78 is 15.7. The first kappa shape index (κ1) is 21.9. The van der Waals surface area contributed by atoms with Gasteiger partial charge in [-0.2, -0.15) is 0 Å². The van der Waals surface area contributed by atoms with Crippen molar-refractivity contribution < 1.29 is 14.0 Å². The van der Waals surface area contributed by atoms with Crippen molar-refractivity contribution >= 4 is 44.7 Å². The molecule has 170 valence electrons. The molecule has 0 spiro atoms. The molecule has 0 radical (unpaired) electrons. The quantitative estimate of drug-likeness (QED) is 0.408. The topological polar surface area (TPSA) is 45.6 Å². The van der Waals surface area contributed by atoms with Gasteiger partial charge < -0.3 is 14.4 Å². The summed E-state index contributed by atoms with van der Waals surface area (Å²) in [7, 11) is 0. The van der Waals surface area contributed by atoms with Crippen LogP contribution in [0.4, 0.5) is 4.39 Å². The molecule has 1 atom stereocenters. The third kappa shape index (κ3) is 4.45. The largest absolute Gasteiger partial charge is 0.336 e. The molecule has 1 aliphatic heterocycles. The first-order chi connectivity index (χ1) is 16.0. The Morgan fingerprint density at radius 1 is 1.06 bits per heavy atom. The summed E-state index contributed by atoms with van der Waals surface area (Å²) in [4.78, 5) is 32.1. The highest BCUT2D eigenvalue weighted by molar-refractivity contribution is 7.16. The molecule has 2 amide bonds. The maximum atomic E-state index is 13.8. The van der Waals surface area contributed by atoms with Gasteiger partial charge in [0.1, 0.15) is 16.3 Å². The molecule has 0 N–H and O–H groups in total. The van der Waals surface area contributed by atoms with E-state index in [1.54, 1.807) is 28.7 Å². The number of piperazine rings is 1. The smallest absolute Gasteiger partial charge is 0.270 e. The summed E-state index contributed by atoms with van der Waals surface area (Å²) in [6.45, 7) is 3.94. The van der Waals surface area contributed by atoms with Crippen molar-refractivity contribution in [3.63, 3.8) is 0 Å². The minimum atomic E-state index is -0.285. The van der Waals surface area contributed by atoms with E-state index in [2.05, 4.69) is 0 Å². The normalized spacial score (nSPS) is 16.5. The molecular weight excluding hydrogens is 457 g/mol. The van der Waals surface area contributed by atoms with Gasteiger partial charge in [-0.25, -0.2) is 4.39 Å². The van der Waals surface area contributed by atoms with Crippen molar-refractivity contribution in [1.82, 2.24) is 14.4 Å². The molecule has 1 saturated heterocycles. The Morgan fingerprint density at radius 2 is 1.94 bits per heavy atom. The lowest BCUT2D eigenvalue weighted by Crippen LogP contribution is -2.55. The van der Waals surface area contributed by atoms with Crippen molar-refractivity contribution in [1.29, 1.82) is 0 Å². The summed E-state index contributed by atoms with van der Waals surface area (Å²) in [5.74, 6) is -0.230. The third-order valence-corrected chi connectivity index (χ3v) is 7.92.